The zero-order valence-electron chi connectivity index (χ0n) is 30.8. The second kappa shape index (κ2) is 9.65. The summed E-state index contributed by atoms with van der Waals surface area (Å²) in [4.78, 5) is 2.64. The van der Waals surface area contributed by atoms with Crippen molar-refractivity contribution in [3.63, 3.8) is 0 Å². The molecule has 2 aliphatic heterocycles. The minimum Gasteiger partial charge on any atom is -0.311 e. The molecular weight excluding hydrogens is 553 g/mol. The lowest BCUT2D eigenvalue weighted by molar-refractivity contribution is 0.332. The van der Waals surface area contributed by atoms with Gasteiger partial charge in [-0.1, -0.05) is 131 Å². The van der Waals surface area contributed by atoms with Gasteiger partial charge in [-0.3, -0.25) is 0 Å². The van der Waals surface area contributed by atoms with Crippen LogP contribution in [0.4, 0.5) is 17.1 Å². The van der Waals surface area contributed by atoms with Crippen molar-refractivity contribution in [3.05, 3.63) is 106 Å². The Kier molecular flexibility index (Phi) is 6.58. The van der Waals surface area contributed by atoms with E-state index >= 15 is 0 Å². The van der Waals surface area contributed by atoms with Crippen molar-refractivity contribution in [2.24, 2.45) is 0 Å². The quantitative estimate of drug-likeness (QED) is 0.172. The minimum absolute atomic E-state index is 0.0481. The molecule has 1 aliphatic carbocycles. The van der Waals surface area contributed by atoms with E-state index < -0.39 is 0 Å². The smallest absolute Gasteiger partial charge is 0.247 e. The summed E-state index contributed by atoms with van der Waals surface area (Å²) in [5.74, 6) is 0. The van der Waals surface area contributed by atoms with E-state index in [1.807, 2.05) is 0 Å². The van der Waals surface area contributed by atoms with Crippen LogP contribution < -0.4 is 21.3 Å². The molecule has 0 bridgehead atoms. The molecule has 0 atom stereocenters. The number of hydrogen-bond acceptors (Lipinski definition) is 1. The van der Waals surface area contributed by atoms with Crippen molar-refractivity contribution in [1.29, 1.82) is 0 Å². The first-order valence-electron chi connectivity index (χ1n) is 17.6. The van der Waals surface area contributed by atoms with Crippen LogP contribution in [-0.4, -0.2) is 6.71 Å². The van der Waals surface area contributed by atoms with Crippen LogP contribution in [0.3, 0.4) is 0 Å². The Morgan fingerprint density at radius 2 is 1.15 bits per heavy atom. The van der Waals surface area contributed by atoms with Crippen LogP contribution in [0.15, 0.2) is 66.7 Å². The van der Waals surface area contributed by atoms with Crippen molar-refractivity contribution in [1.82, 2.24) is 0 Å². The molecule has 2 heterocycles. The van der Waals surface area contributed by atoms with Crippen LogP contribution in [0.25, 0.3) is 0 Å². The van der Waals surface area contributed by atoms with E-state index in [1.54, 1.807) is 0 Å². The summed E-state index contributed by atoms with van der Waals surface area (Å²) in [6.45, 7) is 31.2. The van der Waals surface area contributed by atoms with E-state index in [1.165, 1.54) is 85.2 Å². The normalized spacial score (nSPS) is 18.8. The van der Waals surface area contributed by atoms with Gasteiger partial charge in [0.1, 0.15) is 0 Å². The molecule has 0 saturated heterocycles. The summed E-state index contributed by atoms with van der Waals surface area (Å²) in [6.07, 6.45) is 2.44. The molecule has 0 fully saturated rings. The van der Waals surface area contributed by atoms with Gasteiger partial charge in [0.05, 0.1) is 0 Å². The summed E-state index contributed by atoms with van der Waals surface area (Å²) in [5.41, 5.74) is 18.8. The first-order valence-corrected chi connectivity index (χ1v) is 17.6. The number of hydrogen-bond donors (Lipinski definition) is 0. The third-order valence-electron chi connectivity index (χ3n) is 12.0. The maximum atomic E-state index is 2.64. The monoisotopic (exact) mass is 607 g/mol. The van der Waals surface area contributed by atoms with Gasteiger partial charge in [0.2, 0.25) is 6.71 Å². The Balaban J connectivity index is 1.58. The Morgan fingerprint density at radius 1 is 0.565 bits per heavy atom. The highest BCUT2D eigenvalue weighted by atomic mass is 15.2. The summed E-state index contributed by atoms with van der Waals surface area (Å²) in [5, 5.41) is 0. The van der Waals surface area contributed by atoms with Gasteiger partial charge in [0.15, 0.2) is 0 Å². The number of rotatable bonds is 1. The van der Waals surface area contributed by atoms with Crippen LogP contribution in [-0.2, 0) is 27.1 Å². The number of aryl methyl sites for hydroxylation is 1. The van der Waals surface area contributed by atoms with Crippen LogP contribution >= 0.6 is 0 Å². The van der Waals surface area contributed by atoms with E-state index in [0.29, 0.717) is 0 Å². The van der Waals surface area contributed by atoms with Gasteiger partial charge in [-0.05, 0) is 116 Å². The van der Waals surface area contributed by atoms with Gasteiger partial charge in [-0.25, -0.2) is 0 Å². The zero-order chi connectivity index (χ0) is 33.4. The maximum absolute atomic E-state index is 2.64. The van der Waals surface area contributed by atoms with Crippen LogP contribution in [0.5, 0.6) is 0 Å². The molecule has 7 rings (SSSR count). The molecule has 4 aromatic carbocycles. The van der Waals surface area contributed by atoms with Crippen molar-refractivity contribution < 1.29 is 0 Å². The molecule has 2 heteroatoms. The first kappa shape index (κ1) is 31.3. The summed E-state index contributed by atoms with van der Waals surface area (Å²) in [7, 11) is 0. The van der Waals surface area contributed by atoms with Crippen molar-refractivity contribution in [3.8, 4) is 0 Å². The highest BCUT2D eigenvalue weighted by molar-refractivity contribution is 6.99. The second-order valence-corrected chi connectivity index (χ2v) is 18.7. The van der Waals surface area contributed by atoms with Gasteiger partial charge in [-0.2, -0.15) is 0 Å². The molecule has 0 aromatic heterocycles. The van der Waals surface area contributed by atoms with Gasteiger partial charge in [-0.15, -0.1) is 0 Å². The largest absolute Gasteiger partial charge is 0.311 e. The van der Waals surface area contributed by atoms with E-state index in [4.69, 9.17) is 0 Å². The van der Waals surface area contributed by atoms with E-state index in [-0.39, 0.29) is 33.8 Å². The number of nitrogens with zero attached hydrogens (tertiary/aromatic N) is 1. The molecule has 1 nitrogen and oxygen atoms in total. The van der Waals surface area contributed by atoms with Crippen LogP contribution in [0, 0.1) is 6.92 Å². The maximum Gasteiger partial charge on any atom is 0.247 e. The first-order chi connectivity index (χ1) is 21.2. The topological polar surface area (TPSA) is 3.24 Å². The Bertz CT molecular complexity index is 1910. The van der Waals surface area contributed by atoms with Gasteiger partial charge in [0, 0.05) is 22.5 Å². The Labute approximate surface area is 279 Å². The molecule has 0 amide bonds. The third kappa shape index (κ3) is 4.56. The molecule has 4 aromatic rings. The third-order valence-corrected chi connectivity index (χ3v) is 12.0. The van der Waals surface area contributed by atoms with Crippen molar-refractivity contribution in [2.75, 3.05) is 4.90 Å². The van der Waals surface area contributed by atoms with Gasteiger partial charge >= 0.3 is 0 Å². The summed E-state index contributed by atoms with van der Waals surface area (Å²) >= 11 is 0. The molecular formula is C44H54BN. The summed E-state index contributed by atoms with van der Waals surface area (Å²) in [6, 6.07) is 27.2. The lowest BCUT2D eigenvalue weighted by Gasteiger charge is -2.47. The van der Waals surface area contributed by atoms with Crippen molar-refractivity contribution >= 4 is 40.2 Å². The SMILES string of the molecule is Cc1cc2c3c(c1)C(C)(C)c1ccc(C(C)(C)C)cc1B3c1ccc(C(C)(C)C)cc1N2c1ccc2c(c1)C(C)(C)CCC2(C)C. The van der Waals surface area contributed by atoms with E-state index in [0.717, 1.165) is 0 Å². The fraction of sp³-hybridized carbons (Fsp3) is 0.455. The molecule has 3 aliphatic rings. The fourth-order valence-electron chi connectivity index (χ4n) is 8.82. The molecule has 0 N–H and O–H groups in total. The number of anilines is 3. The standard InChI is InChI=1S/C44H54BN/c1-27-22-34-39-38(23-27)46(30-16-18-31-33(26-30)43(10,11)21-20-42(31,8)9)37-25-29(41(5,6)7)15-19-35(37)45(39)36-24-28(40(2,3)4)14-17-32(36)44(34,12)13/h14-19,22-26H,20-21H2,1-13H3. The minimum atomic E-state index is -0.102. The second-order valence-electron chi connectivity index (χ2n) is 18.7. The average molecular weight is 608 g/mol. The van der Waals surface area contributed by atoms with E-state index in [2.05, 4.69) is 162 Å². The van der Waals surface area contributed by atoms with E-state index in [9.17, 15) is 0 Å². The molecule has 238 valence electrons. The lowest BCUT2D eigenvalue weighted by atomic mass is 9.30. The molecule has 0 spiro atoms. The predicted octanol–water partition coefficient (Wildman–Crippen LogP) is 9.88. The number of fused-ring (bicyclic) bond motifs is 5. The van der Waals surface area contributed by atoms with Crippen LogP contribution in [0.2, 0.25) is 0 Å². The van der Waals surface area contributed by atoms with Gasteiger partial charge < -0.3 is 4.90 Å². The Hall–Kier alpha value is -3.26. The highest BCUT2D eigenvalue weighted by Crippen LogP contribution is 2.49. The molecule has 0 unspecified atom stereocenters. The van der Waals surface area contributed by atoms with Crippen LogP contribution in [0.1, 0.15) is 135 Å². The molecule has 0 radical (unpaired) electrons. The average Bonchev–Trinajstić information content (AvgIpc) is 2.95. The summed E-state index contributed by atoms with van der Waals surface area (Å²) < 4.78 is 0. The zero-order valence-corrected chi connectivity index (χ0v) is 30.8. The predicted molar refractivity (Wildman–Crippen MR) is 202 cm³/mol. The highest BCUT2D eigenvalue weighted by Gasteiger charge is 2.47. The van der Waals surface area contributed by atoms with Gasteiger partial charge in [0.25, 0.3) is 0 Å². The molecule has 0 saturated carbocycles. The molecule has 46 heavy (non-hydrogen) atoms. The fourth-order valence-corrected chi connectivity index (χ4v) is 8.82. The lowest BCUT2D eigenvalue weighted by Crippen LogP contribution is -2.64. The Morgan fingerprint density at radius 3 is 1.80 bits per heavy atom. The number of benzene rings is 4. The van der Waals surface area contributed by atoms with Crippen molar-refractivity contribution in [2.45, 2.75) is 130 Å².